The summed E-state index contributed by atoms with van der Waals surface area (Å²) in [6.07, 6.45) is 0. The number of hydrogen-bond donors (Lipinski definition) is 2. The van der Waals surface area contributed by atoms with E-state index in [4.69, 9.17) is 8.92 Å². The SMILES string of the molecule is Cc1ccc(S(=O)(=O)Oc2ccc3c(c2)OC[C@H](CO)Cn2c-3cc3ccc(C(=O)O)cc32)cc1. The van der Waals surface area contributed by atoms with Crippen molar-refractivity contribution in [3.05, 3.63) is 77.9 Å². The van der Waals surface area contributed by atoms with E-state index in [1.165, 1.54) is 18.2 Å². The van der Waals surface area contributed by atoms with Crippen LogP contribution in [-0.2, 0) is 16.7 Å². The van der Waals surface area contributed by atoms with Gasteiger partial charge in [-0.1, -0.05) is 23.8 Å². The number of carboxylic acid groups (broad SMARTS) is 1. The third-order valence-electron chi connectivity index (χ3n) is 6.07. The second-order valence-electron chi connectivity index (χ2n) is 8.59. The number of ether oxygens (including phenoxy) is 1. The van der Waals surface area contributed by atoms with E-state index in [9.17, 15) is 23.4 Å². The van der Waals surface area contributed by atoms with Crippen molar-refractivity contribution >= 4 is 27.0 Å². The van der Waals surface area contributed by atoms with Gasteiger partial charge in [-0.15, -0.1) is 0 Å². The van der Waals surface area contributed by atoms with Gasteiger partial charge in [-0.25, -0.2) is 4.79 Å². The van der Waals surface area contributed by atoms with Crippen LogP contribution in [0.3, 0.4) is 0 Å². The summed E-state index contributed by atoms with van der Waals surface area (Å²) in [5.41, 5.74) is 3.30. The molecule has 0 radical (unpaired) electrons. The van der Waals surface area contributed by atoms with Crippen LogP contribution in [0.4, 0.5) is 0 Å². The Balaban J connectivity index is 1.59. The Bertz CT molecular complexity index is 1540. The molecule has 0 amide bonds. The fourth-order valence-corrected chi connectivity index (χ4v) is 5.12. The van der Waals surface area contributed by atoms with E-state index >= 15 is 0 Å². The predicted octanol–water partition coefficient (Wildman–Crippen LogP) is 4.08. The monoisotopic (exact) mass is 493 g/mol. The number of aryl methyl sites for hydroxylation is 1. The number of aliphatic hydroxyl groups is 1. The van der Waals surface area contributed by atoms with Crippen molar-refractivity contribution in [3.8, 4) is 22.8 Å². The first-order chi connectivity index (χ1) is 16.7. The lowest BCUT2D eigenvalue weighted by Gasteiger charge is -2.24. The Kier molecular flexibility index (Phi) is 5.74. The van der Waals surface area contributed by atoms with Crippen LogP contribution in [0.5, 0.6) is 11.5 Å². The lowest BCUT2D eigenvalue weighted by Crippen LogP contribution is -2.24. The Morgan fingerprint density at radius 3 is 2.57 bits per heavy atom. The van der Waals surface area contributed by atoms with Gasteiger partial charge < -0.3 is 23.7 Å². The summed E-state index contributed by atoms with van der Waals surface area (Å²) in [4.78, 5) is 11.6. The molecule has 8 nitrogen and oxygen atoms in total. The van der Waals surface area contributed by atoms with E-state index in [2.05, 4.69) is 0 Å². The van der Waals surface area contributed by atoms with Crippen LogP contribution < -0.4 is 8.92 Å². The minimum absolute atomic E-state index is 0.0467. The molecule has 0 unspecified atom stereocenters. The molecule has 35 heavy (non-hydrogen) atoms. The molecule has 3 aromatic carbocycles. The highest BCUT2D eigenvalue weighted by atomic mass is 32.2. The smallest absolute Gasteiger partial charge is 0.339 e. The van der Waals surface area contributed by atoms with Gasteiger partial charge in [-0.2, -0.15) is 8.42 Å². The van der Waals surface area contributed by atoms with Crippen LogP contribution in [0.1, 0.15) is 15.9 Å². The van der Waals surface area contributed by atoms with Crippen molar-refractivity contribution < 1.29 is 32.3 Å². The summed E-state index contributed by atoms with van der Waals surface area (Å²) in [5, 5.41) is 20.2. The second-order valence-corrected chi connectivity index (χ2v) is 10.1. The normalized spacial score (nSPS) is 15.4. The fourth-order valence-electron chi connectivity index (χ4n) is 4.20. The van der Waals surface area contributed by atoms with Gasteiger partial charge in [0.15, 0.2) is 0 Å². The molecule has 180 valence electrons. The van der Waals surface area contributed by atoms with Crippen molar-refractivity contribution in [1.29, 1.82) is 0 Å². The quantitative estimate of drug-likeness (QED) is 0.403. The Morgan fingerprint density at radius 2 is 1.86 bits per heavy atom. The second kappa shape index (κ2) is 8.75. The number of nitrogens with zero attached hydrogens (tertiary/aromatic N) is 1. The molecule has 1 aromatic heterocycles. The van der Waals surface area contributed by atoms with Gasteiger partial charge in [0, 0.05) is 35.0 Å². The number of fused-ring (bicyclic) bond motifs is 5. The number of carboxylic acids is 1. The molecule has 2 N–H and O–H groups in total. The van der Waals surface area contributed by atoms with Crippen LogP contribution in [0.2, 0.25) is 0 Å². The predicted molar refractivity (Wildman–Crippen MR) is 129 cm³/mol. The molecule has 1 aliphatic rings. The van der Waals surface area contributed by atoms with E-state index in [0.717, 1.165) is 22.2 Å². The number of benzene rings is 3. The van der Waals surface area contributed by atoms with Crippen LogP contribution in [0, 0.1) is 12.8 Å². The van der Waals surface area contributed by atoms with E-state index in [0.29, 0.717) is 17.9 Å². The Labute approximate surface area is 202 Å². The third kappa shape index (κ3) is 4.36. The summed E-state index contributed by atoms with van der Waals surface area (Å²) in [6, 6.07) is 18.0. The minimum Gasteiger partial charge on any atom is -0.492 e. The molecule has 1 aliphatic heterocycles. The average Bonchev–Trinajstić information content (AvgIpc) is 3.17. The minimum atomic E-state index is -4.04. The summed E-state index contributed by atoms with van der Waals surface area (Å²) in [5.74, 6) is -0.775. The summed E-state index contributed by atoms with van der Waals surface area (Å²) < 4.78 is 38.8. The molecule has 0 aliphatic carbocycles. The zero-order valence-electron chi connectivity index (χ0n) is 18.8. The van der Waals surface area contributed by atoms with Crippen molar-refractivity contribution in [2.24, 2.45) is 5.92 Å². The van der Waals surface area contributed by atoms with Crippen LogP contribution >= 0.6 is 0 Å². The lowest BCUT2D eigenvalue weighted by molar-refractivity contribution is 0.0697. The number of aliphatic hydroxyl groups excluding tert-OH is 1. The van der Waals surface area contributed by atoms with Crippen molar-refractivity contribution in [2.45, 2.75) is 18.4 Å². The Hall–Kier alpha value is -3.82. The van der Waals surface area contributed by atoms with Crippen LogP contribution in [-0.4, -0.2) is 42.4 Å². The maximum atomic E-state index is 12.8. The first kappa shape index (κ1) is 22.9. The highest BCUT2D eigenvalue weighted by Crippen LogP contribution is 2.39. The van der Waals surface area contributed by atoms with E-state index in [1.54, 1.807) is 42.5 Å². The zero-order chi connectivity index (χ0) is 24.7. The van der Waals surface area contributed by atoms with Gasteiger partial charge in [0.25, 0.3) is 0 Å². The number of rotatable bonds is 5. The molecular weight excluding hydrogens is 470 g/mol. The van der Waals surface area contributed by atoms with E-state index in [-0.39, 0.29) is 35.3 Å². The largest absolute Gasteiger partial charge is 0.492 e. The van der Waals surface area contributed by atoms with E-state index in [1.807, 2.05) is 17.6 Å². The van der Waals surface area contributed by atoms with Crippen molar-refractivity contribution in [2.75, 3.05) is 13.2 Å². The van der Waals surface area contributed by atoms with Gasteiger partial charge in [-0.05, 0) is 49.4 Å². The first-order valence-electron chi connectivity index (χ1n) is 11.0. The van der Waals surface area contributed by atoms with Gasteiger partial charge in [-0.3, -0.25) is 0 Å². The standard InChI is InChI=1S/C26H23NO7S/c1-16-2-7-21(8-3-16)35(31,32)34-20-6-9-22-24-10-18-4-5-19(26(29)30)11-23(18)27(24)13-17(14-28)15-33-25(22)12-20/h2-12,17,28H,13-15H2,1H3,(H,29,30)/t17-/m0/s1. The van der Waals surface area contributed by atoms with Crippen molar-refractivity contribution in [1.82, 2.24) is 4.57 Å². The molecule has 0 bridgehead atoms. The molecular formula is C26H23NO7S. The molecule has 1 atom stereocenters. The Morgan fingerprint density at radius 1 is 1.09 bits per heavy atom. The summed E-state index contributed by atoms with van der Waals surface area (Å²) in [7, 11) is -4.04. The van der Waals surface area contributed by atoms with Gasteiger partial charge >= 0.3 is 16.1 Å². The third-order valence-corrected chi connectivity index (χ3v) is 7.33. The number of aromatic carboxylic acids is 1. The number of carbonyl (C=O) groups is 1. The van der Waals surface area contributed by atoms with Crippen molar-refractivity contribution in [3.63, 3.8) is 0 Å². The lowest BCUT2D eigenvalue weighted by atomic mass is 10.1. The molecule has 2 heterocycles. The van der Waals surface area contributed by atoms with E-state index < -0.39 is 16.1 Å². The fraction of sp³-hybridized carbons (Fsp3) is 0.192. The van der Waals surface area contributed by atoms with Crippen LogP contribution in [0.25, 0.3) is 22.2 Å². The maximum absolute atomic E-state index is 12.8. The van der Waals surface area contributed by atoms with Crippen LogP contribution in [0.15, 0.2) is 71.6 Å². The van der Waals surface area contributed by atoms with Gasteiger partial charge in [0.2, 0.25) is 0 Å². The highest BCUT2D eigenvalue weighted by molar-refractivity contribution is 7.87. The molecule has 0 fully saturated rings. The molecule has 0 saturated heterocycles. The molecule has 9 heteroatoms. The highest BCUT2D eigenvalue weighted by Gasteiger charge is 2.24. The van der Waals surface area contributed by atoms with Gasteiger partial charge in [0.1, 0.15) is 16.4 Å². The molecule has 0 spiro atoms. The number of aromatic nitrogens is 1. The summed E-state index contributed by atoms with van der Waals surface area (Å²) >= 11 is 0. The topological polar surface area (TPSA) is 115 Å². The molecule has 4 aromatic rings. The average molecular weight is 494 g/mol. The van der Waals surface area contributed by atoms with Gasteiger partial charge in [0.05, 0.1) is 24.5 Å². The molecule has 0 saturated carbocycles. The number of hydrogen-bond acceptors (Lipinski definition) is 6. The zero-order valence-corrected chi connectivity index (χ0v) is 19.7. The maximum Gasteiger partial charge on any atom is 0.339 e. The molecule has 5 rings (SSSR count). The first-order valence-corrected chi connectivity index (χ1v) is 12.4. The summed E-state index contributed by atoms with van der Waals surface area (Å²) in [6.45, 7) is 2.35.